The van der Waals surface area contributed by atoms with Gasteiger partial charge < -0.3 is 4.57 Å². The Hall–Kier alpha value is -2.78. The number of anilines is 1. The van der Waals surface area contributed by atoms with Crippen molar-refractivity contribution in [3.05, 3.63) is 46.5 Å². The Morgan fingerprint density at radius 1 is 1.26 bits per heavy atom. The summed E-state index contributed by atoms with van der Waals surface area (Å²) in [7, 11) is 0. The molecule has 138 valence electrons. The number of rotatable bonds is 6. The number of thiophene rings is 1. The highest BCUT2D eigenvalue weighted by Crippen LogP contribution is 2.23. The number of aromatic nitrogens is 5. The standard InChI is InChI=1S/C18H18N6OS2/c1-2-23-13-7-4-3-6-12(13)19-17(23)20-15(25)9-10-24-16(21-22-18(24)26)14-8-5-11-27-14/h3-8,11H,2,9-10H2,1H3,(H,22,26)(H,19,20,25). The fourth-order valence-corrected chi connectivity index (χ4v) is 3.96. The molecule has 9 heteroatoms. The number of hydrogen-bond donors (Lipinski definition) is 2. The zero-order valence-corrected chi connectivity index (χ0v) is 16.3. The van der Waals surface area contributed by atoms with Crippen molar-refractivity contribution < 1.29 is 4.79 Å². The number of hydrogen-bond acceptors (Lipinski definition) is 5. The average molecular weight is 399 g/mol. The third kappa shape index (κ3) is 3.43. The van der Waals surface area contributed by atoms with Crippen LogP contribution in [-0.4, -0.2) is 30.2 Å². The maximum absolute atomic E-state index is 12.5. The second kappa shape index (κ2) is 7.45. The van der Waals surface area contributed by atoms with Crippen molar-refractivity contribution in [3.8, 4) is 10.7 Å². The van der Waals surface area contributed by atoms with Gasteiger partial charge in [-0.05, 0) is 42.7 Å². The minimum atomic E-state index is -0.111. The Balaban J connectivity index is 1.50. The topological polar surface area (TPSA) is 80.5 Å². The summed E-state index contributed by atoms with van der Waals surface area (Å²) in [6, 6.07) is 11.8. The summed E-state index contributed by atoms with van der Waals surface area (Å²) in [5.74, 6) is 1.21. The molecule has 0 aliphatic heterocycles. The van der Waals surface area contributed by atoms with E-state index in [0.717, 1.165) is 28.3 Å². The number of nitrogens with zero attached hydrogens (tertiary/aromatic N) is 4. The summed E-state index contributed by atoms with van der Waals surface area (Å²) in [5.41, 5.74) is 1.87. The summed E-state index contributed by atoms with van der Waals surface area (Å²) >= 11 is 6.90. The van der Waals surface area contributed by atoms with E-state index in [0.29, 0.717) is 17.3 Å². The van der Waals surface area contributed by atoms with Crippen LogP contribution in [0.4, 0.5) is 5.95 Å². The number of amides is 1. The third-order valence-corrected chi connectivity index (χ3v) is 5.46. The Morgan fingerprint density at radius 2 is 2.11 bits per heavy atom. The highest BCUT2D eigenvalue weighted by atomic mass is 32.1. The number of nitrogens with one attached hydrogen (secondary N) is 2. The largest absolute Gasteiger partial charge is 0.310 e. The Kier molecular flexibility index (Phi) is 4.87. The molecule has 4 aromatic rings. The van der Waals surface area contributed by atoms with E-state index in [9.17, 15) is 4.79 Å². The van der Waals surface area contributed by atoms with Crippen molar-refractivity contribution >= 4 is 46.4 Å². The van der Waals surface area contributed by atoms with Gasteiger partial charge in [-0.2, -0.15) is 5.10 Å². The van der Waals surface area contributed by atoms with Crippen molar-refractivity contribution in [2.24, 2.45) is 0 Å². The van der Waals surface area contributed by atoms with Crippen LogP contribution in [-0.2, 0) is 17.9 Å². The van der Waals surface area contributed by atoms with Gasteiger partial charge >= 0.3 is 0 Å². The molecule has 7 nitrogen and oxygen atoms in total. The number of carbonyl (C=O) groups excluding carboxylic acids is 1. The van der Waals surface area contributed by atoms with E-state index in [1.807, 2.05) is 57.8 Å². The molecule has 0 bridgehead atoms. The van der Waals surface area contributed by atoms with Crippen LogP contribution in [0.2, 0.25) is 0 Å². The lowest BCUT2D eigenvalue weighted by Gasteiger charge is -2.08. The molecule has 0 atom stereocenters. The minimum Gasteiger partial charge on any atom is -0.310 e. The molecular formula is C18H18N6OS2. The number of aromatic amines is 1. The summed E-state index contributed by atoms with van der Waals surface area (Å²) in [4.78, 5) is 18.1. The number of H-pyrrole nitrogens is 1. The molecule has 3 aromatic heterocycles. The number of carbonyl (C=O) groups is 1. The van der Waals surface area contributed by atoms with Gasteiger partial charge in [0, 0.05) is 19.5 Å². The fourth-order valence-electron chi connectivity index (χ4n) is 3.01. The predicted octanol–water partition coefficient (Wildman–Crippen LogP) is 4.07. The average Bonchev–Trinajstić information content (AvgIpc) is 3.38. The molecule has 1 amide bonds. The van der Waals surface area contributed by atoms with Crippen molar-refractivity contribution in [1.82, 2.24) is 24.3 Å². The second-order valence-corrected chi connectivity index (χ2v) is 7.28. The second-order valence-electron chi connectivity index (χ2n) is 5.95. The monoisotopic (exact) mass is 398 g/mol. The molecule has 0 saturated heterocycles. The Bertz CT molecular complexity index is 1140. The highest BCUT2D eigenvalue weighted by molar-refractivity contribution is 7.71. The summed E-state index contributed by atoms with van der Waals surface area (Å²) < 4.78 is 4.35. The summed E-state index contributed by atoms with van der Waals surface area (Å²) in [5, 5.41) is 12.0. The molecule has 3 heterocycles. The molecule has 27 heavy (non-hydrogen) atoms. The SMILES string of the molecule is CCn1c(NC(=O)CCn2c(-c3cccs3)n[nH]c2=S)nc2ccccc21. The van der Waals surface area contributed by atoms with Crippen LogP contribution in [0.5, 0.6) is 0 Å². The van der Waals surface area contributed by atoms with Crippen molar-refractivity contribution in [3.63, 3.8) is 0 Å². The van der Waals surface area contributed by atoms with Gasteiger partial charge in [0.1, 0.15) is 0 Å². The number of benzene rings is 1. The van der Waals surface area contributed by atoms with Gasteiger partial charge in [0.05, 0.1) is 15.9 Å². The van der Waals surface area contributed by atoms with E-state index in [1.165, 1.54) is 0 Å². The lowest BCUT2D eigenvalue weighted by molar-refractivity contribution is -0.116. The van der Waals surface area contributed by atoms with E-state index in [1.54, 1.807) is 11.3 Å². The first-order chi connectivity index (χ1) is 13.2. The maximum Gasteiger partial charge on any atom is 0.228 e. The van der Waals surface area contributed by atoms with E-state index < -0.39 is 0 Å². The van der Waals surface area contributed by atoms with Crippen LogP contribution >= 0.6 is 23.6 Å². The molecule has 0 saturated carbocycles. The molecule has 4 rings (SSSR count). The summed E-state index contributed by atoms with van der Waals surface area (Å²) in [6.07, 6.45) is 0.277. The molecule has 0 radical (unpaired) electrons. The van der Waals surface area contributed by atoms with Gasteiger partial charge in [-0.1, -0.05) is 18.2 Å². The zero-order valence-electron chi connectivity index (χ0n) is 14.7. The van der Waals surface area contributed by atoms with Crippen LogP contribution in [0.25, 0.3) is 21.7 Å². The predicted molar refractivity (Wildman–Crippen MR) is 109 cm³/mol. The molecule has 0 fully saturated rings. The molecule has 0 aliphatic rings. The smallest absolute Gasteiger partial charge is 0.228 e. The van der Waals surface area contributed by atoms with E-state index in [2.05, 4.69) is 20.5 Å². The number of para-hydroxylation sites is 2. The number of aryl methyl sites for hydroxylation is 1. The number of imidazole rings is 1. The summed E-state index contributed by atoms with van der Waals surface area (Å²) in [6.45, 7) is 3.20. The first-order valence-corrected chi connectivity index (χ1v) is 9.90. The van der Waals surface area contributed by atoms with Crippen LogP contribution in [0.3, 0.4) is 0 Å². The molecular weight excluding hydrogens is 380 g/mol. The van der Waals surface area contributed by atoms with Gasteiger partial charge in [-0.25, -0.2) is 4.98 Å². The lowest BCUT2D eigenvalue weighted by Crippen LogP contribution is -2.17. The quantitative estimate of drug-likeness (QED) is 0.480. The van der Waals surface area contributed by atoms with Crippen LogP contribution in [0, 0.1) is 4.77 Å². The zero-order chi connectivity index (χ0) is 18.8. The first kappa shape index (κ1) is 17.6. The van der Waals surface area contributed by atoms with Crippen LogP contribution in [0.1, 0.15) is 13.3 Å². The Labute approximate surface area is 164 Å². The maximum atomic E-state index is 12.5. The fraction of sp³-hybridized carbons (Fsp3) is 0.222. The van der Waals surface area contributed by atoms with E-state index in [-0.39, 0.29) is 12.3 Å². The lowest BCUT2D eigenvalue weighted by atomic mass is 10.3. The van der Waals surface area contributed by atoms with Crippen molar-refractivity contribution in [1.29, 1.82) is 0 Å². The highest BCUT2D eigenvalue weighted by Gasteiger charge is 2.14. The Morgan fingerprint density at radius 3 is 2.89 bits per heavy atom. The van der Waals surface area contributed by atoms with Gasteiger partial charge in [-0.3, -0.25) is 19.8 Å². The van der Waals surface area contributed by atoms with Gasteiger partial charge in [0.25, 0.3) is 0 Å². The molecule has 2 N–H and O–H groups in total. The van der Waals surface area contributed by atoms with Gasteiger partial charge in [0.2, 0.25) is 11.9 Å². The van der Waals surface area contributed by atoms with Crippen molar-refractivity contribution in [2.75, 3.05) is 5.32 Å². The molecule has 0 spiro atoms. The third-order valence-electron chi connectivity index (χ3n) is 4.28. The first-order valence-electron chi connectivity index (χ1n) is 8.61. The molecule has 1 aromatic carbocycles. The van der Waals surface area contributed by atoms with E-state index in [4.69, 9.17) is 12.2 Å². The van der Waals surface area contributed by atoms with E-state index >= 15 is 0 Å². The van der Waals surface area contributed by atoms with Crippen LogP contribution < -0.4 is 5.32 Å². The van der Waals surface area contributed by atoms with Crippen molar-refractivity contribution in [2.45, 2.75) is 26.4 Å². The van der Waals surface area contributed by atoms with Gasteiger partial charge in [0.15, 0.2) is 10.6 Å². The minimum absolute atomic E-state index is 0.111. The molecule has 0 aliphatic carbocycles. The normalized spacial score (nSPS) is 11.1. The molecule has 0 unspecified atom stereocenters. The van der Waals surface area contributed by atoms with Gasteiger partial charge in [-0.15, -0.1) is 11.3 Å². The van der Waals surface area contributed by atoms with Crippen LogP contribution in [0.15, 0.2) is 41.8 Å². The number of fused-ring (bicyclic) bond motifs is 1.